The van der Waals surface area contributed by atoms with Crippen molar-refractivity contribution in [1.82, 2.24) is 0 Å². The van der Waals surface area contributed by atoms with Gasteiger partial charge < -0.3 is 28.4 Å². The van der Waals surface area contributed by atoms with Gasteiger partial charge in [0.1, 0.15) is 17.2 Å². The van der Waals surface area contributed by atoms with Crippen LogP contribution in [0.3, 0.4) is 0 Å². The maximum atomic E-state index is 12.4. The van der Waals surface area contributed by atoms with Crippen LogP contribution in [0.25, 0.3) is 18.2 Å². The molecule has 0 fully saturated rings. The van der Waals surface area contributed by atoms with Gasteiger partial charge in [-0.1, -0.05) is 24.3 Å². The first kappa shape index (κ1) is 30.2. The van der Waals surface area contributed by atoms with Crippen LogP contribution in [-0.2, 0) is 19.2 Å². The Morgan fingerprint density at radius 1 is 0.537 bits per heavy atom. The summed E-state index contributed by atoms with van der Waals surface area (Å²) in [5, 5.41) is 0. The SMILES string of the molecule is COc1cc(/C=C/C(=O)Oc2ccc(/C=C/c3cc(OC(C)=O)cc(OC(C)=O)c3)cc2)cc(OC)c1OC(C)=O. The first-order valence-corrected chi connectivity index (χ1v) is 12.2. The molecule has 0 spiro atoms. The zero-order chi connectivity index (χ0) is 29.9. The molecule has 0 aliphatic rings. The van der Waals surface area contributed by atoms with Gasteiger partial charge in [0.05, 0.1) is 14.2 Å². The molecule has 0 N–H and O–H groups in total. The lowest BCUT2D eigenvalue weighted by Gasteiger charge is -2.13. The molecule has 0 amide bonds. The maximum Gasteiger partial charge on any atom is 0.336 e. The molecule has 0 unspecified atom stereocenters. The van der Waals surface area contributed by atoms with E-state index in [-0.39, 0.29) is 28.7 Å². The van der Waals surface area contributed by atoms with E-state index in [1.807, 2.05) is 0 Å². The Bertz CT molecular complexity index is 1440. The molecular formula is C31H28O10. The fraction of sp³-hybridized carbons (Fsp3) is 0.161. The molecule has 41 heavy (non-hydrogen) atoms. The van der Waals surface area contributed by atoms with Gasteiger partial charge in [-0.15, -0.1) is 0 Å². The van der Waals surface area contributed by atoms with Crippen molar-refractivity contribution in [2.24, 2.45) is 0 Å². The van der Waals surface area contributed by atoms with E-state index >= 15 is 0 Å². The molecule has 0 aliphatic heterocycles. The number of rotatable bonds is 10. The molecule has 212 valence electrons. The Balaban J connectivity index is 1.69. The van der Waals surface area contributed by atoms with Crippen LogP contribution in [0.5, 0.6) is 34.5 Å². The third-order valence-electron chi connectivity index (χ3n) is 5.13. The van der Waals surface area contributed by atoms with E-state index in [0.29, 0.717) is 16.9 Å². The van der Waals surface area contributed by atoms with E-state index in [2.05, 4.69) is 0 Å². The van der Waals surface area contributed by atoms with Crippen LogP contribution in [0.15, 0.2) is 60.7 Å². The van der Waals surface area contributed by atoms with E-state index < -0.39 is 23.9 Å². The van der Waals surface area contributed by atoms with Gasteiger partial charge in [-0.2, -0.15) is 0 Å². The van der Waals surface area contributed by atoms with Gasteiger partial charge >= 0.3 is 23.9 Å². The van der Waals surface area contributed by atoms with E-state index in [4.69, 9.17) is 28.4 Å². The molecule has 0 aliphatic carbocycles. The Morgan fingerprint density at radius 2 is 1.02 bits per heavy atom. The molecule has 0 saturated carbocycles. The Labute approximate surface area is 236 Å². The van der Waals surface area contributed by atoms with E-state index in [1.54, 1.807) is 60.7 Å². The number of hydrogen-bond acceptors (Lipinski definition) is 10. The quantitative estimate of drug-likeness (QED) is 0.140. The van der Waals surface area contributed by atoms with E-state index in [0.717, 1.165) is 5.56 Å². The second kappa shape index (κ2) is 14.1. The summed E-state index contributed by atoms with van der Waals surface area (Å²) in [6, 6.07) is 14.6. The Hall–Kier alpha value is -5.38. The standard InChI is InChI=1S/C31H28O10/c1-19(32)38-26-14-23(15-27(18-26)39-20(2)33)7-6-22-8-11-25(12-9-22)41-30(35)13-10-24-16-28(36-4)31(40-21(3)34)29(17-24)37-5/h6-18H,1-5H3/b7-6+,13-10+. The van der Waals surface area contributed by atoms with Crippen molar-refractivity contribution in [3.63, 3.8) is 0 Å². The molecule has 0 aromatic heterocycles. The molecule has 10 heteroatoms. The molecule has 0 saturated heterocycles. The highest BCUT2D eigenvalue weighted by Gasteiger charge is 2.15. The summed E-state index contributed by atoms with van der Waals surface area (Å²) in [7, 11) is 2.84. The average Bonchev–Trinajstić information content (AvgIpc) is 2.90. The van der Waals surface area contributed by atoms with Crippen molar-refractivity contribution in [3.8, 4) is 34.5 Å². The molecule has 10 nitrogen and oxygen atoms in total. The molecule has 0 atom stereocenters. The van der Waals surface area contributed by atoms with Crippen LogP contribution >= 0.6 is 0 Å². The number of benzene rings is 3. The minimum Gasteiger partial charge on any atom is -0.493 e. The minimum atomic E-state index is -0.615. The van der Waals surface area contributed by atoms with Gasteiger partial charge in [-0.25, -0.2) is 4.79 Å². The summed E-state index contributed by atoms with van der Waals surface area (Å²) in [5.74, 6) is -0.689. The maximum absolute atomic E-state index is 12.4. The van der Waals surface area contributed by atoms with Crippen LogP contribution in [0, 0.1) is 0 Å². The lowest BCUT2D eigenvalue weighted by atomic mass is 10.1. The number of esters is 4. The predicted octanol–water partition coefficient (Wildman–Crippen LogP) is 5.27. The van der Waals surface area contributed by atoms with Crippen molar-refractivity contribution in [1.29, 1.82) is 0 Å². The largest absolute Gasteiger partial charge is 0.493 e. The normalized spacial score (nSPS) is 10.8. The molecule has 3 aromatic rings. The van der Waals surface area contributed by atoms with Gasteiger partial charge in [-0.3, -0.25) is 14.4 Å². The summed E-state index contributed by atoms with van der Waals surface area (Å²) in [6.45, 7) is 3.81. The highest BCUT2D eigenvalue weighted by Crippen LogP contribution is 2.39. The summed E-state index contributed by atoms with van der Waals surface area (Å²) in [4.78, 5) is 46.5. The zero-order valence-electron chi connectivity index (χ0n) is 23.1. The van der Waals surface area contributed by atoms with Crippen LogP contribution in [-0.4, -0.2) is 38.1 Å². The van der Waals surface area contributed by atoms with Crippen molar-refractivity contribution >= 4 is 42.1 Å². The fourth-order valence-electron chi connectivity index (χ4n) is 3.53. The van der Waals surface area contributed by atoms with Crippen LogP contribution in [0.1, 0.15) is 37.5 Å². The molecule has 3 aromatic carbocycles. The topological polar surface area (TPSA) is 124 Å². The molecule has 3 rings (SSSR count). The molecule has 0 heterocycles. The summed E-state index contributed by atoms with van der Waals surface area (Å²) in [6.07, 6.45) is 6.29. The van der Waals surface area contributed by atoms with Gasteiger partial charge in [-0.05, 0) is 59.2 Å². The van der Waals surface area contributed by atoms with Crippen molar-refractivity contribution in [3.05, 3.63) is 77.4 Å². The Morgan fingerprint density at radius 3 is 1.51 bits per heavy atom. The van der Waals surface area contributed by atoms with Crippen molar-refractivity contribution in [2.45, 2.75) is 20.8 Å². The lowest BCUT2D eigenvalue weighted by molar-refractivity contribution is -0.133. The summed E-state index contributed by atoms with van der Waals surface area (Å²) < 4.78 is 31.3. The van der Waals surface area contributed by atoms with Crippen molar-refractivity contribution < 1.29 is 47.6 Å². The number of hydrogen-bond donors (Lipinski definition) is 0. The first-order chi connectivity index (χ1) is 19.6. The smallest absolute Gasteiger partial charge is 0.336 e. The second-order valence-electron chi connectivity index (χ2n) is 8.43. The zero-order valence-corrected chi connectivity index (χ0v) is 23.1. The highest BCUT2D eigenvalue weighted by atomic mass is 16.6. The van der Waals surface area contributed by atoms with Crippen LogP contribution < -0.4 is 28.4 Å². The Kier molecular flexibility index (Phi) is 10.4. The van der Waals surface area contributed by atoms with E-state index in [9.17, 15) is 19.2 Å². The summed E-state index contributed by atoms with van der Waals surface area (Å²) >= 11 is 0. The van der Waals surface area contributed by atoms with Gasteiger partial charge in [0, 0.05) is 32.9 Å². The average molecular weight is 561 g/mol. The predicted molar refractivity (Wildman–Crippen MR) is 150 cm³/mol. The lowest BCUT2D eigenvalue weighted by Crippen LogP contribution is -2.05. The van der Waals surface area contributed by atoms with Gasteiger partial charge in [0.15, 0.2) is 11.5 Å². The number of ether oxygens (including phenoxy) is 6. The third-order valence-corrected chi connectivity index (χ3v) is 5.13. The van der Waals surface area contributed by atoms with E-state index in [1.165, 1.54) is 53.2 Å². The monoisotopic (exact) mass is 560 g/mol. The molecule has 0 radical (unpaired) electrons. The molecule has 0 bridgehead atoms. The van der Waals surface area contributed by atoms with Gasteiger partial charge in [0.2, 0.25) is 5.75 Å². The number of methoxy groups -OCH3 is 2. The van der Waals surface area contributed by atoms with Gasteiger partial charge in [0.25, 0.3) is 0 Å². The fourth-order valence-corrected chi connectivity index (χ4v) is 3.53. The van der Waals surface area contributed by atoms with Crippen LogP contribution in [0.2, 0.25) is 0 Å². The third kappa shape index (κ3) is 9.39. The van der Waals surface area contributed by atoms with Crippen LogP contribution in [0.4, 0.5) is 0 Å². The number of carbonyl (C=O) groups excluding carboxylic acids is 4. The second-order valence-corrected chi connectivity index (χ2v) is 8.43. The highest BCUT2D eigenvalue weighted by molar-refractivity contribution is 5.89. The van der Waals surface area contributed by atoms with Crippen molar-refractivity contribution in [2.75, 3.05) is 14.2 Å². The minimum absolute atomic E-state index is 0.137. The summed E-state index contributed by atoms with van der Waals surface area (Å²) in [5.41, 5.74) is 1.98. The number of carbonyl (C=O) groups is 4. The molecular weight excluding hydrogens is 532 g/mol. The first-order valence-electron chi connectivity index (χ1n) is 12.2.